The summed E-state index contributed by atoms with van der Waals surface area (Å²) in [5.41, 5.74) is -0.690. The zero-order chi connectivity index (χ0) is 11.5. The highest BCUT2D eigenvalue weighted by Crippen LogP contribution is 2.17. The average molecular weight is 250 g/mol. The summed E-state index contributed by atoms with van der Waals surface area (Å²) in [4.78, 5) is 2.11. The molecule has 0 aliphatic heterocycles. The second kappa shape index (κ2) is 5.21. The van der Waals surface area contributed by atoms with E-state index in [4.69, 9.17) is 11.6 Å². The number of likely N-dealkylation sites (N-methyl/N-ethyl adjacent to an activating group) is 1. The average Bonchev–Trinajstić information content (AvgIpc) is 2.47. The van der Waals surface area contributed by atoms with Crippen LogP contribution in [-0.4, -0.2) is 38.9 Å². The molecule has 0 amide bonds. The molecule has 1 aromatic rings. The Kier molecular flexibility index (Phi) is 4.45. The normalized spacial score (nSPS) is 12.4. The number of halogens is 1. The van der Waals surface area contributed by atoms with E-state index in [1.54, 1.807) is 13.8 Å². The summed E-state index contributed by atoms with van der Waals surface area (Å²) in [6.07, 6.45) is 0. The Morgan fingerprint density at radius 1 is 1.47 bits per heavy atom. The molecule has 0 saturated carbocycles. The van der Waals surface area contributed by atoms with Gasteiger partial charge in [-0.2, -0.15) is 0 Å². The lowest BCUT2D eigenvalue weighted by atomic mass is 10.1. The van der Waals surface area contributed by atoms with E-state index in [2.05, 4.69) is 15.1 Å². The minimum absolute atomic E-state index is 0.462. The zero-order valence-electron chi connectivity index (χ0n) is 9.20. The van der Waals surface area contributed by atoms with Crippen LogP contribution in [-0.2, 0) is 6.54 Å². The van der Waals surface area contributed by atoms with Gasteiger partial charge >= 0.3 is 0 Å². The van der Waals surface area contributed by atoms with E-state index in [0.717, 1.165) is 11.6 Å². The Balaban J connectivity index is 2.54. The summed E-state index contributed by atoms with van der Waals surface area (Å²) in [7, 11) is 0. The van der Waals surface area contributed by atoms with Crippen molar-refractivity contribution in [3.63, 3.8) is 0 Å². The third kappa shape index (κ3) is 4.88. The summed E-state index contributed by atoms with van der Waals surface area (Å²) in [5, 5.41) is 18.3. The molecular formula is C9H16ClN3OS. The van der Waals surface area contributed by atoms with Gasteiger partial charge in [-0.05, 0) is 32.0 Å². The van der Waals surface area contributed by atoms with Crippen LogP contribution in [0.3, 0.4) is 0 Å². The van der Waals surface area contributed by atoms with Gasteiger partial charge in [-0.3, -0.25) is 4.90 Å². The van der Waals surface area contributed by atoms with Crippen molar-refractivity contribution in [3.05, 3.63) is 9.47 Å². The predicted octanol–water partition coefficient (Wildman–Crippen LogP) is 1.78. The van der Waals surface area contributed by atoms with Crippen LogP contribution in [0.5, 0.6) is 0 Å². The fourth-order valence-electron chi connectivity index (χ4n) is 1.32. The first-order chi connectivity index (χ1) is 6.90. The van der Waals surface area contributed by atoms with Gasteiger partial charge in [0, 0.05) is 6.54 Å². The van der Waals surface area contributed by atoms with E-state index in [9.17, 15) is 5.11 Å². The van der Waals surface area contributed by atoms with Crippen molar-refractivity contribution in [2.75, 3.05) is 13.1 Å². The fraction of sp³-hybridized carbons (Fsp3) is 0.778. The van der Waals surface area contributed by atoms with Crippen LogP contribution in [0.15, 0.2) is 0 Å². The molecule has 4 nitrogen and oxygen atoms in total. The van der Waals surface area contributed by atoms with Crippen LogP contribution >= 0.6 is 22.9 Å². The predicted molar refractivity (Wildman–Crippen MR) is 62.2 cm³/mol. The molecule has 86 valence electrons. The summed E-state index contributed by atoms with van der Waals surface area (Å²) >= 11 is 7.07. The molecule has 0 aliphatic carbocycles. The van der Waals surface area contributed by atoms with Crippen molar-refractivity contribution >= 4 is 22.9 Å². The van der Waals surface area contributed by atoms with E-state index in [1.165, 1.54) is 11.3 Å². The van der Waals surface area contributed by atoms with Crippen LogP contribution in [0, 0.1) is 0 Å². The maximum Gasteiger partial charge on any atom is 0.207 e. The molecule has 0 fully saturated rings. The molecule has 0 spiro atoms. The fourth-order valence-corrected chi connectivity index (χ4v) is 2.22. The van der Waals surface area contributed by atoms with E-state index >= 15 is 0 Å². The van der Waals surface area contributed by atoms with Crippen LogP contribution in [0.1, 0.15) is 25.8 Å². The first kappa shape index (κ1) is 12.8. The van der Waals surface area contributed by atoms with Crippen molar-refractivity contribution in [1.29, 1.82) is 0 Å². The number of hydrogen-bond acceptors (Lipinski definition) is 5. The third-order valence-corrected chi connectivity index (χ3v) is 2.86. The first-order valence-corrected chi connectivity index (χ1v) is 6.03. The molecule has 1 N–H and O–H groups in total. The van der Waals surface area contributed by atoms with Gasteiger partial charge in [0.15, 0.2) is 0 Å². The van der Waals surface area contributed by atoms with E-state index < -0.39 is 5.60 Å². The van der Waals surface area contributed by atoms with Crippen LogP contribution in [0.4, 0.5) is 0 Å². The Labute approximate surface area is 98.9 Å². The molecule has 0 aromatic carbocycles. The van der Waals surface area contributed by atoms with E-state index in [-0.39, 0.29) is 0 Å². The lowest BCUT2D eigenvalue weighted by Crippen LogP contribution is -2.38. The van der Waals surface area contributed by atoms with E-state index in [1.807, 2.05) is 6.92 Å². The Hall–Kier alpha value is -0.230. The van der Waals surface area contributed by atoms with Gasteiger partial charge in [0.25, 0.3) is 0 Å². The molecule has 1 aromatic heterocycles. The molecule has 0 aliphatic rings. The standard InChI is InChI=1S/C9H16ClN3OS/c1-4-13(6-9(2,3)14)5-7-11-12-8(10)15-7/h14H,4-6H2,1-3H3. The smallest absolute Gasteiger partial charge is 0.207 e. The van der Waals surface area contributed by atoms with Crippen LogP contribution in [0.25, 0.3) is 0 Å². The summed E-state index contributed by atoms with van der Waals surface area (Å²) < 4.78 is 0.462. The van der Waals surface area contributed by atoms with Gasteiger partial charge < -0.3 is 5.11 Å². The molecule has 0 atom stereocenters. The molecule has 0 saturated heterocycles. The van der Waals surface area contributed by atoms with Gasteiger partial charge in [0.2, 0.25) is 4.47 Å². The SMILES string of the molecule is CCN(Cc1nnc(Cl)s1)CC(C)(C)O. The second-order valence-corrected chi connectivity index (χ2v) is 5.71. The molecule has 0 radical (unpaired) electrons. The minimum atomic E-state index is -0.690. The maximum absolute atomic E-state index is 9.70. The van der Waals surface area contributed by atoms with Crippen molar-refractivity contribution in [1.82, 2.24) is 15.1 Å². The van der Waals surface area contributed by atoms with Crippen molar-refractivity contribution in [2.24, 2.45) is 0 Å². The number of aliphatic hydroxyl groups is 1. The van der Waals surface area contributed by atoms with Gasteiger partial charge in [0.1, 0.15) is 5.01 Å². The van der Waals surface area contributed by atoms with E-state index in [0.29, 0.717) is 17.6 Å². The minimum Gasteiger partial charge on any atom is -0.389 e. The molecule has 1 heterocycles. The molecule has 15 heavy (non-hydrogen) atoms. The topological polar surface area (TPSA) is 49.2 Å². The number of rotatable bonds is 5. The highest BCUT2D eigenvalue weighted by Gasteiger charge is 2.18. The highest BCUT2D eigenvalue weighted by atomic mass is 35.5. The molecule has 0 bridgehead atoms. The molecule has 6 heteroatoms. The van der Waals surface area contributed by atoms with Crippen molar-refractivity contribution in [2.45, 2.75) is 32.9 Å². The number of nitrogens with zero attached hydrogens (tertiary/aromatic N) is 3. The van der Waals surface area contributed by atoms with Gasteiger partial charge in [-0.15, -0.1) is 10.2 Å². The van der Waals surface area contributed by atoms with Crippen LogP contribution in [0.2, 0.25) is 4.47 Å². The van der Waals surface area contributed by atoms with Crippen LogP contribution < -0.4 is 0 Å². The third-order valence-electron chi connectivity index (χ3n) is 1.86. The quantitative estimate of drug-likeness (QED) is 0.864. The summed E-state index contributed by atoms with van der Waals surface area (Å²) in [6, 6.07) is 0. The highest BCUT2D eigenvalue weighted by molar-refractivity contribution is 7.15. The molecular weight excluding hydrogens is 234 g/mol. The second-order valence-electron chi connectivity index (χ2n) is 4.06. The summed E-state index contributed by atoms with van der Waals surface area (Å²) in [6.45, 7) is 7.80. The first-order valence-electron chi connectivity index (χ1n) is 4.83. The lowest BCUT2D eigenvalue weighted by Gasteiger charge is -2.26. The monoisotopic (exact) mass is 249 g/mol. The largest absolute Gasteiger partial charge is 0.389 e. The Bertz CT molecular complexity index is 311. The zero-order valence-corrected chi connectivity index (χ0v) is 10.8. The maximum atomic E-state index is 9.70. The van der Waals surface area contributed by atoms with Crippen molar-refractivity contribution < 1.29 is 5.11 Å². The van der Waals surface area contributed by atoms with Gasteiger partial charge in [-0.1, -0.05) is 18.3 Å². The number of aromatic nitrogens is 2. The summed E-state index contributed by atoms with van der Waals surface area (Å²) in [5.74, 6) is 0. The Morgan fingerprint density at radius 3 is 2.53 bits per heavy atom. The molecule has 0 unspecified atom stereocenters. The molecule has 1 rings (SSSR count). The van der Waals surface area contributed by atoms with Gasteiger partial charge in [0.05, 0.1) is 12.1 Å². The van der Waals surface area contributed by atoms with Crippen molar-refractivity contribution in [3.8, 4) is 0 Å². The number of hydrogen-bond donors (Lipinski definition) is 1. The lowest BCUT2D eigenvalue weighted by molar-refractivity contribution is 0.0352. The Morgan fingerprint density at radius 2 is 2.13 bits per heavy atom. The van der Waals surface area contributed by atoms with Gasteiger partial charge in [-0.25, -0.2) is 0 Å².